The molecular weight excluding hydrogens is 354 g/mol. The molecule has 27 heavy (non-hydrogen) atoms. The lowest BCUT2D eigenvalue weighted by Crippen LogP contribution is -2.40. The lowest BCUT2D eigenvalue weighted by atomic mass is 9.85. The number of nitrogens with one attached hydrogen (secondary N) is 1. The summed E-state index contributed by atoms with van der Waals surface area (Å²) in [5, 5.41) is 2.60. The topological polar surface area (TPSA) is 58.6 Å². The van der Waals surface area contributed by atoms with E-state index in [1.54, 1.807) is 36.2 Å². The largest absolute Gasteiger partial charge is 0.381 e. The van der Waals surface area contributed by atoms with Crippen LogP contribution in [-0.4, -0.2) is 49.4 Å². The Hall–Kier alpha value is -2.02. The van der Waals surface area contributed by atoms with Crippen LogP contribution in [0.3, 0.4) is 0 Å². The first-order valence-electron chi connectivity index (χ1n) is 9.48. The quantitative estimate of drug-likeness (QED) is 0.847. The third-order valence-electron chi connectivity index (χ3n) is 5.81. The van der Waals surface area contributed by atoms with Crippen LogP contribution in [0.4, 0.5) is 14.5 Å². The number of hydrogen-bond donors (Lipinski definition) is 1. The molecule has 1 N–H and O–H groups in total. The molecule has 2 amide bonds. The van der Waals surface area contributed by atoms with Crippen molar-refractivity contribution in [3.05, 3.63) is 29.8 Å². The van der Waals surface area contributed by atoms with Gasteiger partial charge < -0.3 is 15.0 Å². The minimum atomic E-state index is -2.67. The molecule has 1 heterocycles. The van der Waals surface area contributed by atoms with Gasteiger partial charge in [-0.25, -0.2) is 8.78 Å². The molecule has 5 nitrogen and oxygen atoms in total. The summed E-state index contributed by atoms with van der Waals surface area (Å²) in [5.41, 5.74) is -0.652. The number of nitrogens with zero attached hydrogens (tertiary/aromatic N) is 1. The van der Waals surface area contributed by atoms with Crippen molar-refractivity contribution in [3.8, 4) is 0 Å². The van der Waals surface area contributed by atoms with Gasteiger partial charge in [0.1, 0.15) is 5.41 Å². The van der Waals surface area contributed by atoms with Gasteiger partial charge in [0.2, 0.25) is 5.91 Å². The van der Waals surface area contributed by atoms with Crippen LogP contribution in [0.5, 0.6) is 0 Å². The zero-order chi connectivity index (χ0) is 19.4. The van der Waals surface area contributed by atoms with E-state index in [2.05, 4.69) is 5.32 Å². The molecule has 3 rings (SSSR count). The molecular formula is C20H26F2N2O3. The van der Waals surface area contributed by atoms with E-state index >= 15 is 0 Å². The molecule has 0 radical (unpaired) electrons. The van der Waals surface area contributed by atoms with Crippen molar-refractivity contribution >= 4 is 17.5 Å². The Labute approximate surface area is 158 Å². The molecule has 7 heteroatoms. The van der Waals surface area contributed by atoms with E-state index in [-0.39, 0.29) is 24.8 Å². The summed E-state index contributed by atoms with van der Waals surface area (Å²) in [6.45, 7) is 1.30. The highest BCUT2D eigenvalue weighted by atomic mass is 19.3. The molecule has 1 aliphatic heterocycles. The molecule has 1 saturated heterocycles. The average molecular weight is 380 g/mol. The maximum Gasteiger partial charge on any atom is 0.253 e. The summed E-state index contributed by atoms with van der Waals surface area (Å²) in [4.78, 5) is 26.8. The molecule has 0 atom stereocenters. The second-order valence-electron chi connectivity index (χ2n) is 7.46. The molecule has 2 fully saturated rings. The van der Waals surface area contributed by atoms with Crippen molar-refractivity contribution in [1.29, 1.82) is 0 Å². The number of rotatable bonds is 5. The summed E-state index contributed by atoms with van der Waals surface area (Å²) in [5.74, 6) is -0.729. The first kappa shape index (κ1) is 19.7. The number of alkyl halides is 2. The summed E-state index contributed by atoms with van der Waals surface area (Å²) in [6.07, 6.45) is 0.659. The summed E-state index contributed by atoms with van der Waals surface area (Å²) >= 11 is 0. The fourth-order valence-electron chi connectivity index (χ4n) is 3.94. The van der Waals surface area contributed by atoms with Crippen LogP contribution in [-0.2, 0) is 9.53 Å². The van der Waals surface area contributed by atoms with Crippen molar-refractivity contribution < 1.29 is 23.1 Å². The number of benzene rings is 1. The number of halogens is 2. The molecule has 0 aromatic heterocycles. The molecule has 1 aromatic carbocycles. The Balaban J connectivity index is 1.64. The van der Waals surface area contributed by atoms with Gasteiger partial charge in [0.25, 0.3) is 12.3 Å². The van der Waals surface area contributed by atoms with Crippen LogP contribution in [0.25, 0.3) is 0 Å². The van der Waals surface area contributed by atoms with Crippen LogP contribution in [0.2, 0.25) is 0 Å². The molecule has 2 aliphatic rings. The normalized spacial score (nSPS) is 19.9. The number of ether oxygens (including phenoxy) is 1. The van der Waals surface area contributed by atoms with E-state index < -0.39 is 17.7 Å². The highest BCUT2D eigenvalue weighted by Gasteiger charge is 2.49. The molecule has 1 saturated carbocycles. The fraction of sp³-hybridized carbons (Fsp3) is 0.600. The predicted molar refractivity (Wildman–Crippen MR) is 97.9 cm³/mol. The lowest BCUT2D eigenvalue weighted by molar-refractivity contribution is -0.134. The Morgan fingerprint density at radius 1 is 1.15 bits per heavy atom. The molecule has 1 aliphatic carbocycles. The van der Waals surface area contributed by atoms with Gasteiger partial charge in [-0.2, -0.15) is 0 Å². The lowest BCUT2D eigenvalue weighted by Gasteiger charge is -2.31. The van der Waals surface area contributed by atoms with Crippen molar-refractivity contribution in [1.82, 2.24) is 4.90 Å². The fourth-order valence-corrected chi connectivity index (χ4v) is 3.94. The Morgan fingerprint density at radius 2 is 1.74 bits per heavy atom. The maximum atomic E-state index is 13.5. The molecule has 0 spiro atoms. The van der Waals surface area contributed by atoms with E-state index in [1.807, 2.05) is 0 Å². The summed E-state index contributed by atoms with van der Waals surface area (Å²) in [7, 11) is 1.78. The number of amides is 2. The summed E-state index contributed by atoms with van der Waals surface area (Å²) in [6, 6.07) is 6.59. The minimum Gasteiger partial charge on any atom is -0.381 e. The standard InChI is InChI=1S/C20H26F2N2O3/c1-24(16-8-12-27-13-9-16)17(25)14-4-6-15(7-5-14)23-19(26)20(18(21)22)10-2-3-11-20/h4-7,16,18H,2-3,8-13H2,1H3,(H,23,26). The van der Waals surface area contributed by atoms with Crippen molar-refractivity contribution in [2.75, 3.05) is 25.6 Å². The first-order valence-corrected chi connectivity index (χ1v) is 9.48. The van der Waals surface area contributed by atoms with Gasteiger partial charge in [0.05, 0.1) is 0 Å². The third-order valence-corrected chi connectivity index (χ3v) is 5.81. The molecule has 148 valence electrons. The van der Waals surface area contributed by atoms with Crippen LogP contribution < -0.4 is 5.32 Å². The van der Waals surface area contributed by atoms with E-state index in [0.29, 0.717) is 37.3 Å². The number of anilines is 1. The van der Waals surface area contributed by atoms with Gasteiger partial charge in [-0.1, -0.05) is 12.8 Å². The van der Waals surface area contributed by atoms with Gasteiger partial charge in [-0.3, -0.25) is 9.59 Å². The zero-order valence-electron chi connectivity index (χ0n) is 15.5. The maximum absolute atomic E-state index is 13.5. The highest BCUT2D eigenvalue weighted by molar-refractivity contribution is 5.97. The highest BCUT2D eigenvalue weighted by Crippen LogP contribution is 2.44. The van der Waals surface area contributed by atoms with Gasteiger partial charge in [-0.15, -0.1) is 0 Å². The van der Waals surface area contributed by atoms with Crippen LogP contribution in [0, 0.1) is 5.41 Å². The van der Waals surface area contributed by atoms with E-state index in [4.69, 9.17) is 4.74 Å². The van der Waals surface area contributed by atoms with Crippen LogP contribution in [0.15, 0.2) is 24.3 Å². The monoisotopic (exact) mass is 380 g/mol. The number of carbonyl (C=O) groups is 2. The first-order chi connectivity index (χ1) is 12.9. The second kappa shape index (κ2) is 8.33. The minimum absolute atomic E-state index is 0.0976. The SMILES string of the molecule is CN(C(=O)c1ccc(NC(=O)C2(C(F)F)CCCC2)cc1)C1CCOCC1. The van der Waals surface area contributed by atoms with Gasteiger partial charge in [0.15, 0.2) is 0 Å². The second-order valence-corrected chi connectivity index (χ2v) is 7.46. The van der Waals surface area contributed by atoms with E-state index in [9.17, 15) is 18.4 Å². The van der Waals surface area contributed by atoms with Crippen LogP contribution in [0.1, 0.15) is 48.9 Å². The smallest absolute Gasteiger partial charge is 0.253 e. The predicted octanol–water partition coefficient (Wildman–Crippen LogP) is 3.70. The van der Waals surface area contributed by atoms with Gasteiger partial charge >= 0.3 is 0 Å². The molecule has 0 unspecified atom stereocenters. The Kier molecular flexibility index (Phi) is 6.09. The van der Waals surface area contributed by atoms with Crippen molar-refractivity contribution in [2.45, 2.75) is 51.0 Å². The van der Waals surface area contributed by atoms with E-state index in [0.717, 1.165) is 12.8 Å². The van der Waals surface area contributed by atoms with E-state index in [1.165, 1.54) is 0 Å². The molecule has 0 bridgehead atoms. The number of hydrogen-bond acceptors (Lipinski definition) is 3. The third kappa shape index (κ3) is 4.13. The average Bonchev–Trinajstić information content (AvgIpc) is 3.20. The zero-order valence-corrected chi connectivity index (χ0v) is 15.5. The van der Waals surface area contributed by atoms with Crippen LogP contribution >= 0.6 is 0 Å². The Bertz CT molecular complexity index is 666. The van der Waals surface area contributed by atoms with Gasteiger partial charge in [0, 0.05) is 37.6 Å². The van der Waals surface area contributed by atoms with Crippen molar-refractivity contribution in [2.24, 2.45) is 5.41 Å². The molecule has 1 aromatic rings. The van der Waals surface area contributed by atoms with Gasteiger partial charge in [-0.05, 0) is 49.9 Å². The number of carbonyl (C=O) groups excluding carboxylic acids is 2. The van der Waals surface area contributed by atoms with Crippen molar-refractivity contribution in [3.63, 3.8) is 0 Å². The summed E-state index contributed by atoms with van der Waals surface area (Å²) < 4.78 is 32.3. The Morgan fingerprint density at radius 3 is 2.30 bits per heavy atom.